The van der Waals surface area contributed by atoms with Crippen molar-refractivity contribution in [3.8, 4) is 11.3 Å². The minimum Gasteiger partial charge on any atom is -0.462 e. The average molecular weight is 518 g/mol. The second-order valence-electron chi connectivity index (χ2n) is 7.75. The molecule has 1 fully saturated rings. The molecule has 0 spiro atoms. The number of rotatable bonds is 6. The molecule has 1 aliphatic rings. The molecule has 2 heterocycles. The van der Waals surface area contributed by atoms with Gasteiger partial charge in [-0.25, -0.2) is 4.79 Å². The van der Waals surface area contributed by atoms with Crippen LogP contribution in [-0.2, 0) is 4.74 Å². The number of amides is 1. The Morgan fingerprint density at radius 2 is 1.77 bits per heavy atom. The van der Waals surface area contributed by atoms with E-state index in [0.717, 1.165) is 0 Å². The third-order valence-corrected chi connectivity index (χ3v) is 6.35. The van der Waals surface area contributed by atoms with Crippen LogP contribution in [0, 0.1) is 10.1 Å². The van der Waals surface area contributed by atoms with Gasteiger partial charge in [-0.1, -0.05) is 23.2 Å². The van der Waals surface area contributed by atoms with E-state index in [2.05, 4.69) is 0 Å². The molecule has 1 amide bonds. The zero-order chi connectivity index (χ0) is 25.1. The van der Waals surface area contributed by atoms with Gasteiger partial charge in [0.15, 0.2) is 5.76 Å². The highest BCUT2D eigenvalue weighted by molar-refractivity contribution is 6.42. The van der Waals surface area contributed by atoms with Crippen LogP contribution in [0.2, 0.25) is 10.0 Å². The summed E-state index contributed by atoms with van der Waals surface area (Å²) in [6.07, 6.45) is 0. The van der Waals surface area contributed by atoms with E-state index in [4.69, 9.17) is 32.4 Å². The van der Waals surface area contributed by atoms with E-state index in [1.165, 1.54) is 18.2 Å². The molecule has 2 aromatic carbocycles. The van der Waals surface area contributed by atoms with Crippen molar-refractivity contribution >= 4 is 46.5 Å². The van der Waals surface area contributed by atoms with Crippen molar-refractivity contribution in [2.75, 3.05) is 37.7 Å². The van der Waals surface area contributed by atoms with Crippen LogP contribution in [0.25, 0.3) is 11.3 Å². The number of nitrogens with zero attached hydrogens (tertiary/aromatic N) is 3. The number of nitro benzene ring substituents is 1. The molecule has 11 heteroatoms. The Labute approximate surface area is 210 Å². The lowest BCUT2D eigenvalue weighted by Gasteiger charge is -2.35. The summed E-state index contributed by atoms with van der Waals surface area (Å²) in [5.74, 6) is -0.216. The summed E-state index contributed by atoms with van der Waals surface area (Å²) in [6, 6.07) is 12.6. The van der Waals surface area contributed by atoms with Crippen LogP contribution in [0.4, 0.5) is 11.4 Å². The predicted octanol–water partition coefficient (Wildman–Crippen LogP) is 5.30. The molecule has 0 N–H and O–H groups in total. The van der Waals surface area contributed by atoms with Crippen molar-refractivity contribution in [2.45, 2.75) is 6.92 Å². The molecule has 35 heavy (non-hydrogen) atoms. The van der Waals surface area contributed by atoms with Gasteiger partial charge in [0.1, 0.15) is 11.4 Å². The molecule has 4 rings (SSSR count). The number of esters is 1. The van der Waals surface area contributed by atoms with Gasteiger partial charge in [0.2, 0.25) is 0 Å². The van der Waals surface area contributed by atoms with Crippen molar-refractivity contribution in [3.05, 3.63) is 80.0 Å². The standard InChI is InChI=1S/C24H21Cl2N3O6/c1-2-34-24(31)16-4-6-19(20(14-16)29(32)33)27-9-11-28(12-10-27)23(30)22-8-7-21(35-22)15-3-5-17(25)18(26)13-15/h3-8,13-14H,2,9-12H2,1H3. The van der Waals surface area contributed by atoms with Gasteiger partial charge >= 0.3 is 5.97 Å². The molecule has 1 aromatic heterocycles. The maximum absolute atomic E-state index is 13.0. The average Bonchev–Trinajstić information content (AvgIpc) is 3.35. The van der Waals surface area contributed by atoms with E-state index in [1.807, 2.05) is 4.90 Å². The molecule has 0 saturated carbocycles. The Bertz CT molecular complexity index is 1280. The van der Waals surface area contributed by atoms with E-state index in [0.29, 0.717) is 53.2 Å². The van der Waals surface area contributed by atoms with Gasteiger partial charge in [0.25, 0.3) is 11.6 Å². The summed E-state index contributed by atoms with van der Waals surface area (Å²) in [4.78, 5) is 39.5. The molecule has 0 radical (unpaired) electrons. The fourth-order valence-electron chi connectivity index (χ4n) is 3.84. The minimum atomic E-state index is -0.615. The highest BCUT2D eigenvalue weighted by Crippen LogP contribution is 2.32. The topological polar surface area (TPSA) is 106 Å². The van der Waals surface area contributed by atoms with Gasteiger partial charge in [-0.3, -0.25) is 14.9 Å². The predicted molar refractivity (Wildman–Crippen MR) is 131 cm³/mol. The molecule has 0 unspecified atom stereocenters. The number of carbonyl (C=O) groups excluding carboxylic acids is 2. The van der Waals surface area contributed by atoms with Gasteiger partial charge in [-0.2, -0.15) is 0 Å². The zero-order valence-corrected chi connectivity index (χ0v) is 20.2. The Hall–Kier alpha value is -3.56. The van der Waals surface area contributed by atoms with Crippen LogP contribution >= 0.6 is 23.2 Å². The minimum absolute atomic E-state index is 0.117. The highest BCUT2D eigenvalue weighted by atomic mass is 35.5. The van der Waals surface area contributed by atoms with Crippen molar-refractivity contribution in [1.82, 2.24) is 4.90 Å². The van der Waals surface area contributed by atoms with Crippen molar-refractivity contribution < 1.29 is 23.7 Å². The van der Waals surface area contributed by atoms with Crippen LogP contribution in [-0.4, -0.2) is 54.5 Å². The second-order valence-corrected chi connectivity index (χ2v) is 8.57. The molecular formula is C24H21Cl2N3O6. The summed E-state index contributed by atoms with van der Waals surface area (Å²) in [5.41, 5.74) is 1.01. The normalized spacial score (nSPS) is 13.6. The summed E-state index contributed by atoms with van der Waals surface area (Å²) >= 11 is 12.0. The van der Waals surface area contributed by atoms with Crippen LogP contribution in [0.15, 0.2) is 52.9 Å². The van der Waals surface area contributed by atoms with Gasteiger partial charge in [0.05, 0.1) is 27.1 Å². The first-order valence-electron chi connectivity index (χ1n) is 10.8. The Morgan fingerprint density at radius 1 is 1.03 bits per heavy atom. The molecule has 0 aliphatic carbocycles. The van der Waals surface area contributed by atoms with Crippen molar-refractivity contribution in [1.29, 1.82) is 0 Å². The van der Waals surface area contributed by atoms with Gasteiger partial charge in [-0.05, 0) is 49.4 Å². The number of hydrogen-bond donors (Lipinski definition) is 0. The van der Waals surface area contributed by atoms with Crippen molar-refractivity contribution in [3.63, 3.8) is 0 Å². The first-order chi connectivity index (χ1) is 16.8. The van der Waals surface area contributed by atoms with Gasteiger partial charge in [0, 0.05) is 37.8 Å². The number of anilines is 1. The van der Waals surface area contributed by atoms with E-state index in [-0.39, 0.29) is 29.5 Å². The second kappa shape index (κ2) is 10.4. The fourth-order valence-corrected chi connectivity index (χ4v) is 4.14. The first-order valence-corrected chi connectivity index (χ1v) is 11.6. The number of benzene rings is 2. The molecule has 0 atom stereocenters. The summed E-state index contributed by atoms with van der Waals surface area (Å²) in [5, 5.41) is 12.5. The number of piperazine rings is 1. The van der Waals surface area contributed by atoms with Crippen molar-refractivity contribution in [2.24, 2.45) is 0 Å². The summed E-state index contributed by atoms with van der Waals surface area (Å²) < 4.78 is 10.7. The molecule has 1 aliphatic heterocycles. The number of furan rings is 1. The lowest BCUT2D eigenvalue weighted by atomic mass is 10.1. The number of halogens is 2. The lowest BCUT2D eigenvalue weighted by Crippen LogP contribution is -2.48. The molecule has 0 bridgehead atoms. The van der Waals surface area contributed by atoms with Crippen LogP contribution in [0.5, 0.6) is 0 Å². The molecule has 182 valence electrons. The smallest absolute Gasteiger partial charge is 0.338 e. The quantitative estimate of drug-likeness (QED) is 0.248. The van der Waals surface area contributed by atoms with E-state index in [1.54, 1.807) is 42.2 Å². The Kier molecular flexibility index (Phi) is 7.28. The summed E-state index contributed by atoms with van der Waals surface area (Å²) in [6.45, 7) is 3.29. The molecule has 3 aromatic rings. The van der Waals surface area contributed by atoms with E-state index >= 15 is 0 Å². The van der Waals surface area contributed by atoms with Crippen LogP contribution in [0.3, 0.4) is 0 Å². The van der Waals surface area contributed by atoms with Crippen LogP contribution < -0.4 is 4.90 Å². The molecule has 9 nitrogen and oxygen atoms in total. The third-order valence-electron chi connectivity index (χ3n) is 5.61. The van der Waals surface area contributed by atoms with Gasteiger partial charge < -0.3 is 19.0 Å². The highest BCUT2D eigenvalue weighted by Gasteiger charge is 2.28. The Morgan fingerprint density at radius 3 is 2.43 bits per heavy atom. The number of nitro groups is 1. The SMILES string of the molecule is CCOC(=O)c1ccc(N2CCN(C(=O)c3ccc(-c4ccc(Cl)c(Cl)c4)o3)CC2)c([N+](=O)[O-])c1. The molecule has 1 saturated heterocycles. The lowest BCUT2D eigenvalue weighted by molar-refractivity contribution is -0.384. The van der Waals surface area contributed by atoms with E-state index < -0.39 is 10.9 Å². The van der Waals surface area contributed by atoms with E-state index in [9.17, 15) is 19.7 Å². The monoisotopic (exact) mass is 517 g/mol. The number of carbonyl (C=O) groups is 2. The fraction of sp³-hybridized carbons (Fsp3) is 0.250. The van der Waals surface area contributed by atoms with Gasteiger partial charge in [-0.15, -0.1) is 0 Å². The molecular weight excluding hydrogens is 497 g/mol. The third kappa shape index (κ3) is 5.26. The maximum Gasteiger partial charge on any atom is 0.338 e. The van der Waals surface area contributed by atoms with Crippen LogP contribution in [0.1, 0.15) is 27.8 Å². The maximum atomic E-state index is 13.0. The summed E-state index contributed by atoms with van der Waals surface area (Å²) in [7, 11) is 0. The largest absolute Gasteiger partial charge is 0.462 e. The Balaban J connectivity index is 1.45. The first kappa shape index (κ1) is 24.6. The zero-order valence-electron chi connectivity index (χ0n) is 18.7. The number of hydrogen-bond acceptors (Lipinski definition) is 7. The number of ether oxygens (including phenoxy) is 1.